The molecule has 1 aliphatic carbocycles. The van der Waals surface area contributed by atoms with E-state index in [-0.39, 0.29) is 5.69 Å². The summed E-state index contributed by atoms with van der Waals surface area (Å²) in [5.74, 6) is 0. The normalized spacial score (nSPS) is 19.2. The second kappa shape index (κ2) is 3.38. The molecule has 4 nitrogen and oxygen atoms in total. The number of nitrogens with one attached hydrogen (secondary N) is 2. The number of rotatable bonds is 3. The highest BCUT2D eigenvalue weighted by molar-refractivity contribution is 7.71. The third kappa shape index (κ3) is 1.45. The number of hydrogen-bond donors (Lipinski definition) is 2. The van der Waals surface area contributed by atoms with Crippen LogP contribution in [0.2, 0.25) is 0 Å². The molecule has 1 aliphatic rings. The summed E-state index contributed by atoms with van der Waals surface area (Å²) in [6.07, 6.45) is 4.84. The van der Waals surface area contributed by atoms with Crippen molar-refractivity contribution >= 4 is 12.2 Å². The lowest BCUT2D eigenvalue weighted by Crippen LogP contribution is -2.36. The fraction of sp³-hybridized carbons (Fsp3) is 0.778. The van der Waals surface area contributed by atoms with Gasteiger partial charge in [-0.25, -0.2) is 9.89 Å². The second-order valence-electron chi connectivity index (χ2n) is 4.15. The molecule has 1 heterocycles. The maximum absolute atomic E-state index is 11.4. The molecule has 1 saturated carbocycles. The van der Waals surface area contributed by atoms with Gasteiger partial charge in [-0.05, 0) is 36.9 Å². The maximum Gasteiger partial charge on any atom is 0.342 e. The quantitative estimate of drug-likeness (QED) is 0.752. The van der Waals surface area contributed by atoms with Gasteiger partial charge in [0.1, 0.15) is 0 Å². The van der Waals surface area contributed by atoms with Crippen LogP contribution < -0.4 is 5.69 Å². The Morgan fingerprint density at radius 3 is 2.57 bits per heavy atom. The Hall–Kier alpha value is -0.840. The van der Waals surface area contributed by atoms with Crippen molar-refractivity contribution in [3.05, 3.63) is 15.3 Å². The largest absolute Gasteiger partial charge is 0.342 e. The first-order valence-corrected chi connectivity index (χ1v) is 5.45. The van der Waals surface area contributed by atoms with Gasteiger partial charge >= 0.3 is 5.69 Å². The summed E-state index contributed by atoms with van der Waals surface area (Å²) in [6, 6.07) is 0. The lowest BCUT2D eigenvalue weighted by atomic mass is 9.67. The van der Waals surface area contributed by atoms with Crippen LogP contribution in [0, 0.1) is 10.2 Å². The zero-order chi connectivity index (χ0) is 10.2. The average Bonchev–Trinajstić information content (AvgIpc) is 2.41. The number of hydrogen-bond acceptors (Lipinski definition) is 2. The zero-order valence-corrected chi connectivity index (χ0v) is 9.12. The molecule has 0 atom stereocenters. The molecule has 1 aromatic rings. The van der Waals surface area contributed by atoms with E-state index in [4.69, 9.17) is 12.2 Å². The highest BCUT2D eigenvalue weighted by atomic mass is 32.1. The molecular formula is C9H15N3OS. The Kier molecular flexibility index (Phi) is 2.34. The molecule has 0 aliphatic heterocycles. The molecule has 0 amide bonds. The van der Waals surface area contributed by atoms with Crippen molar-refractivity contribution in [3.63, 3.8) is 0 Å². The number of H-pyrrole nitrogens is 2. The fourth-order valence-corrected chi connectivity index (χ4v) is 2.31. The van der Waals surface area contributed by atoms with E-state index in [1.807, 2.05) is 0 Å². The van der Waals surface area contributed by atoms with Gasteiger partial charge in [-0.1, -0.05) is 13.3 Å². The van der Waals surface area contributed by atoms with E-state index >= 15 is 0 Å². The molecule has 2 N–H and O–H groups in total. The van der Waals surface area contributed by atoms with Crippen molar-refractivity contribution in [1.29, 1.82) is 0 Å². The van der Waals surface area contributed by atoms with Gasteiger partial charge in [-0.2, -0.15) is 0 Å². The van der Waals surface area contributed by atoms with E-state index in [0.29, 0.717) is 10.2 Å². The average molecular weight is 213 g/mol. The molecule has 0 aromatic carbocycles. The molecule has 2 rings (SSSR count). The highest BCUT2D eigenvalue weighted by Gasteiger charge is 2.35. The Morgan fingerprint density at radius 1 is 1.50 bits per heavy atom. The van der Waals surface area contributed by atoms with Gasteiger partial charge in [0.15, 0.2) is 4.77 Å². The first kappa shape index (κ1) is 9.71. The van der Waals surface area contributed by atoms with Crippen LogP contribution in [0.25, 0.3) is 0 Å². The van der Waals surface area contributed by atoms with Crippen molar-refractivity contribution in [2.75, 3.05) is 0 Å². The van der Waals surface area contributed by atoms with Gasteiger partial charge in [-0.15, -0.1) is 0 Å². The van der Waals surface area contributed by atoms with Gasteiger partial charge in [-0.3, -0.25) is 9.67 Å². The lowest BCUT2D eigenvalue weighted by molar-refractivity contribution is 0.0983. The first-order chi connectivity index (χ1) is 6.67. The third-order valence-corrected chi connectivity index (χ3v) is 3.75. The van der Waals surface area contributed by atoms with E-state index < -0.39 is 0 Å². The Balaban J connectivity index is 2.26. The van der Waals surface area contributed by atoms with Crippen LogP contribution in [0.4, 0.5) is 0 Å². The maximum atomic E-state index is 11.4. The highest BCUT2D eigenvalue weighted by Crippen LogP contribution is 2.44. The van der Waals surface area contributed by atoms with Crippen molar-refractivity contribution in [2.45, 2.75) is 39.2 Å². The first-order valence-electron chi connectivity index (χ1n) is 5.04. The molecule has 5 heteroatoms. The number of aromatic nitrogens is 3. The summed E-state index contributed by atoms with van der Waals surface area (Å²) in [5.41, 5.74) is 0.211. The van der Waals surface area contributed by atoms with Crippen molar-refractivity contribution < 1.29 is 0 Å². The molecule has 0 radical (unpaired) electrons. The van der Waals surface area contributed by atoms with Gasteiger partial charge in [0.2, 0.25) is 0 Å². The van der Waals surface area contributed by atoms with Crippen molar-refractivity contribution in [2.24, 2.45) is 5.41 Å². The molecule has 78 valence electrons. The Morgan fingerprint density at radius 2 is 2.21 bits per heavy atom. The van der Waals surface area contributed by atoms with Crippen LogP contribution in [0.3, 0.4) is 0 Å². The Labute approximate surface area is 87.3 Å². The third-order valence-electron chi connectivity index (χ3n) is 3.42. The van der Waals surface area contributed by atoms with E-state index in [9.17, 15) is 4.79 Å². The molecule has 0 saturated heterocycles. The minimum absolute atomic E-state index is 0.116. The molecule has 0 bridgehead atoms. The van der Waals surface area contributed by atoms with Crippen molar-refractivity contribution in [1.82, 2.24) is 14.8 Å². The Bertz CT molecular complexity index is 391. The lowest BCUT2D eigenvalue weighted by Gasteiger charge is -2.41. The SMILES string of the molecule is CCC1(Cn2c(=O)[nH][nH]c2=S)CCC1. The number of nitrogens with zero attached hydrogens (tertiary/aromatic N) is 1. The van der Waals surface area contributed by atoms with E-state index in [1.54, 1.807) is 4.57 Å². The second-order valence-corrected chi connectivity index (χ2v) is 4.54. The zero-order valence-electron chi connectivity index (χ0n) is 8.30. The number of aromatic amines is 2. The smallest absolute Gasteiger partial charge is 0.272 e. The summed E-state index contributed by atoms with van der Waals surface area (Å²) >= 11 is 5.04. The van der Waals surface area contributed by atoms with Crippen LogP contribution >= 0.6 is 12.2 Å². The van der Waals surface area contributed by atoms with Crippen LogP contribution in [-0.2, 0) is 6.54 Å². The standard InChI is InChI=1S/C9H15N3OS/c1-2-9(4-3-5-9)6-12-7(13)10-11-8(12)14/h2-6H2,1H3,(H,10,13)(H,11,14). The van der Waals surface area contributed by atoms with Crippen LogP contribution in [0.5, 0.6) is 0 Å². The molecule has 1 aromatic heterocycles. The summed E-state index contributed by atoms with van der Waals surface area (Å²) in [5, 5.41) is 5.18. The fourth-order valence-electron chi connectivity index (χ4n) is 2.11. The van der Waals surface area contributed by atoms with Gasteiger partial charge in [0, 0.05) is 6.54 Å². The summed E-state index contributed by atoms with van der Waals surface area (Å²) < 4.78 is 2.15. The predicted octanol–water partition coefficient (Wildman–Crippen LogP) is 1.81. The molecule has 14 heavy (non-hydrogen) atoms. The molecule has 0 unspecified atom stereocenters. The van der Waals surface area contributed by atoms with Crippen molar-refractivity contribution in [3.8, 4) is 0 Å². The predicted molar refractivity (Wildman–Crippen MR) is 56.8 cm³/mol. The van der Waals surface area contributed by atoms with E-state index in [1.165, 1.54) is 19.3 Å². The monoisotopic (exact) mass is 213 g/mol. The summed E-state index contributed by atoms with van der Waals surface area (Å²) in [4.78, 5) is 11.4. The molecule has 1 fully saturated rings. The van der Waals surface area contributed by atoms with Gasteiger partial charge in [0.25, 0.3) is 0 Å². The van der Waals surface area contributed by atoms with E-state index in [2.05, 4.69) is 17.1 Å². The van der Waals surface area contributed by atoms with Gasteiger partial charge in [0.05, 0.1) is 0 Å². The molecular weight excluding hydrogens is 198 g/mol. The minimum Gasteiger partial charge on any atom is -0.272 e. The van der Waals surface area contributed by atoms with E-state index in [0.717, 1.165) is 13.0 Å². The minimum atomic E-state index is -0.116. The van der Waals surface area contributed by atoms with Gasteiger partial charge < -0.3 is 0 Å². The summed E-state index contributed by atoms with van der Waals surface area (Å²) in [6.45, 7) is 2.95. The topological polar surface area (TPSA) is 53.6 Å². The molecule has 0 spiro atoms. The summed E-state index contributed by atoms with van der Waals surface area (Å²) in [7, 11) is 0. The van der Waals surface area contributed by atoms with Crippen LogP contribution in [0.15, 0.2) is 4.79 Å². The van der Waals surface area contributed by atoms with Crippen LogP contribution in [-0.4, -0.2) is 14.8 Å². The van der Waals surface area contributed by atoms with Crippen LogP contribution in [0.1, 0.15) is 32.6 Å².